The van der Waals surface area contributed by atoms with E-state index in [0.717, 1.165) is 22.2 Å². The smallest absolute Gasteiger partial charge is 0.119 e. The first-order valence-electron chi connectivity index (χ1n) is 4.64. The van der Waals surface area contributed by atoms with Crippen molar-refractivity contribution in [2.45, 2.75) is 0 Å². The number of benzene rings is 1. The number of aromatic amines is 1. The van der Waals surface area contributed by atoms with Crippen LogP contribution in [0.5, 0.6) is 0 Å². The molecule has 4 heteroatoms. The Hall–Kier alpha value is -2.23. The van der Waals surface area contributed by atoms with Gasteiger partial charge < -0.3 is 4.98 Å². The summed E-state index contributed by atoms with van der Waals surface area (Å²) in [5.74, 6) is 0. The normalized spacial score (nSPS) is 10.7. The molecule has 0 radical (unpaired) electrons. The molecule has 0 unspecified atom stereocenters. The van der Waals surface area contributed by atoms with Crippen molar-refractivity contribution in [2.75, 3.05) is 0 Å². The molecule has 0 spiro atoms. The summed E-state index contributed by atoms with van der Waals surface area (Å²) in [5.41, 5.74) is 1.73. The van der Waals surface area contributed by atoms with Gasteiger partial charge in [-0.15, -0.1) is 5.10 Å². The van der Waals surface area contributed by atoms with Gasteiger partial charge in [-0.2, -0.15) is 5.10 Å². The summed E-state index contributed by atoms with van der Waals surface area (Å²) in [6.45, 7) is 0. The number of hydrogen-bond donors (Lipinski definition) is 1. The molecule has 1 N–H and O–H groups in total. The zero-order valence-corrected chi connectivity index (χ0v) is 7.88. The van der Waals surface area contributed by atoms with Gasteiger partial charge in [-0.3, -0.25) is 0 Å². The molecule has 0 bridgehead atoms. The Morgan fingerprint density at radius 2 is 2.00 bits per heavy atom. The summed E-state index contributed by atoms with van der Waals surface area (Å²) in [7, 11) is 0. The first kappa shape index (κ1) is 8.11. The number of fused-ring (bicyclic) bond motifs is 1. The molecule has 0 aliphatic rings. The number of nitrogens with one attached hydrogen (secondary N) is 1. The van der Waals surface area contributed by atoms with Gasteiger partial charge in [0.15, 0.2) is 0 Å². The molecule has 0 amide bonds. The molecule has 2 aromatic heterocycles. The van der Waals surface area contributed by atoms with Crippen LogP contribution in [0.3, 0.4) is 0 Å². The minimum Gasteiger partial charge on any atom is -0.343 e. The average molecular weight is 196 g/mol. The molecule has 0 saturated heterocycles. The molecule has 3 rings (SSSR count). The van der Waals surface area contributed by atoms with Crippen LogP contribution in [0.4, 0.5) is 0 Å². The average Bonchev–Trinajstić information content (AvgIpc) is 2.82. The van der Waals surface area contributed by atoms with Crippen molar-refractivity contribution in [1.29, 1.82) is 0 Å². The second-order valence-corrected chi connectivity index (χ2v) is 3.25. The number of imidazole rings is 1. The van der Waals surface area contributed by atoms with Crippen molar-refractivity contribution in [3.8, 4) is 11.4 Å². The molecule has 0 aliphatic heterocycles. The van der Waals surface area contributed by atoms with Gasteiger partial charge in [0.1, 0.15) is 5.69 Å². The summed E-state index contributed by atoms with van der Waals surface area (Å²) < 4.78 is 0. The van der Waals surface area contributed by atoms with Crippen LogP contribution < -0.4 is 0 Å². The topological polar surface area (TPSA) is 54.5 Å². The fraction of sp³-hybridized carbons (Fsp3) is 0. The van der Waals surface area contributed by atoms with E-state index in [1.807, 2.05) is 24.3 Å². The van der Waals surface area contributed by atoms with Crippen LogP contribution in [0.25, 0.3) is 22.2 Å². The van der Waals surface area contributed by atoms with Crippen LogP contribution in [0, 0.1) is 0 Å². The number of aromatic nitrogens is 4. The van der Waals surface area contributed by atoms with E-state index in [4.69, 9.17) is 0 Å². The maximum Gasteiger partial charge on any atom is 0.119 e. The number of hydrogen-bond acceptors (Lipinski definition) is 3. The highest BCUT2D eigenvalue weighted by atomic mass is 15.1. The second-order valence-electron chi connectivity index (χ2n) is 3.25. The van der Waals surface area contributed by atoms with Gasteiger partial charge in [0.2, 0.25) is 0 Å². The lowest BCUT2D eigenvalue weighted by molar-refractivity contribution is 1.05. The van der Waals surface area contributed by atoms with Crippen LogP contribution in [0.2, 0.25) is 0 Å². The standard InChI is InChI=1S/C11H8N4/c1-2-4-9-8(3-1)5-14-15-11(9)10-6-12-7-13-10/h1-7H,(H,12,13). The number of rotatable bonds is 1. The summed E-state index contributed by atoms with van der Waals surface area (Å²) in [6, 6.07) is 8.02. The molecule has 4 nitrogen and oxygen atoms in total. The van der Waals surface area contributed by atoms with Crippen molar-refractivity contribution >= 4 is 10.8 Å². The van der Waals surface area contributed by atoms with E-state index in [1.165, 1.54) is 0 Å². The third kappa shape index (κ3) is 1.27. The minimum atomic E-state index is 0.839. The Morgan fingerprint density at radius 3 is 2.87 bits per heavy atom. The van der Waals surface area contributed by atoms with Crippen LogP contribution in [0.1, 0.15) is 0 Å². The van der Waals surface area contributed by atoms with Gasteiger partial charge >= 0.3 is 0 Å². The molecule has 3 aromatic rings. The predicted molar refractivity (Wildman–Crippen MR) is 57.1 cm³/mol. The quantitative estimate of drug-likeness (QED) is 0.647. The van der Waals surface area contributed by atoms with Gasteiger partial charge in [0.05, 0.1) is 24.4 Å². The summed E-state index contributed by atoms with van der Waals surface area (Å²) in [4.78, 5) is 7.01. The first-order chi connectivity index (χ1) is 7.45. The molecular formula is C11H8N4. The zero-order valence-electron chi connectivity index (χ0n) is 7.88. The van der Waals surface area contributed by atoms with E-state index in [9.17, 15) is 0 Å². The van der Waals surface area contributed by atoms with E-state index in [-0.39, 0.29) is 0 Å². The lowest BCUT2D eigenvalue weighted by Gasteiger charge is -2.00. The minimum absolute atomic E-state index is 0.839. The summed E-state index contributed by atoms with van der Waals surface area (Å²) in [6.07, 6.45) is 5.14. The van der Waals surface area contributed by atoms with Crippen LogP contribution >= 0.6 is 0 Å². The zero-order chi connectivity index (χ0) is 10.1. The number of nitrogens with zero attached hydrogens (tertiary/aromatic N) is 3. The molecule has 2 heterocycles. The van der Waals surface area contributed by atoms with Crippen molar-refractivity contribution < 1.29 is 0 Å². The van der Waals surface area contributed by atoms with Gasteiger partial charge in [0, 0.05) is 10.8 Å². The highest BCUT2D eigenvalue weighted by Gasteiger charge is 2.05. The molecule has 1 aromatic carbocycles. The van der Waals surface area contributed by atoms with E-state index in [2.05, 4.69) is 20.2 Å². The largest absolute Gasteiger partial charge is 0.343 e. The van der Waals surface area contributed by atoms with Crippen molar-refractivity contribution in [2.24, 2.45) is 0 Å². The van der Waals surface area contributed by atoms with Crippen LogP contribution in [-0.2, 0) is 0 Å². The molecule has 0 atom stereocenters. The van der Waals surface area contributed by atoms with E-state index in [1.54, 1.807) is 18.7 Å². The van der Waals surface area contributed by atoms with E-state index < -0.39 is 0 Å². The highest BCUT2D eigenvalue weighted by Crippen LogP contribution is 2.22. The Morgan fingerprint density at radius 1 is 1.07 bits per heavy atom. The first-order valence-corrected chi connectivity index (χ1v) is 4.64. The molecule has 15 heavy (non-hydrogen) atoms. The second kappa shape index (κ2) is 3.16. The predicted octanol–water partition coefficient (Wildman–Crippen LogP) is 2.02. The van der Waals surface area contributed by atoms with E-state index >= 15 is 0 Å². The van der Waals surface area contributed by atoms with Gasteiger partial charge in [-0.25, -0.2) is 4.98 Å². The molecule has 0 saturated carbocycles. The monoisotopic (exact) mass is 196 g/mol. The van der Waals surface area contributed by atoms with Crippen molar-refractivity contribution in [3.63, 3.8) is 0 Å². The lowest BCUT2D eigenvalue weighted by Crippen LogP contribution is -1.89. The lowest BCUT2D eigenvalue weighted by atomic mass is 10.1. The number of H-pyrrole nitrogens is 1. The summed E-state index contributed by atoms with van der Waals surface area (Å²) >= 11 is 0. The Bertz CT molecular complexity index is 581. The Balaban J connectivity index is 2.36. The molecular weight excluding hydrogens is 188 g/mol. The third-order valence-electron chi connectivity index (χ3n) is 2.32. The highest BCUT2D eigenvalue weighted by molar-refractivity contribution is 5.92. The SMILES string of the molecule is c1ccc2c(-c3cnc[nH]3)nncc2c1. The fourth-order valence-corrected chi connectivity index (χ4v) is 1.61. The van der Waals surface area contributed by atoms with Crippen molar-refractivity contribution in [3.05, 3.63) is 43.0 Å². The molecule has 0 fully saturated rings. The Labute approximate surface area is 86.0 Å². The summed E-state index contributed by atoms with van der Waals surface area (Å²) in [5, 5.41) is 10.3. The van der Waals surface area contributed by atoms with Crippen molar-refractivity contribution in [1.82, 2.24) is 20.2 Å². The Kier molecular flexibility index (Phi) is 1.71. The van der Waals surface area contributed by atoms with E-state index in [0.29, 0.717) is 0 Å². The molecule has 72 valence electrons. The molecule has 0 aliphatic carbocycles. The maximum absolute atomic E-state index is 4.13. The van der Waals surface area contributed by atoms with Gasteiger partial charge in [0.25, 0.3) is 0 Å². The van der Waals surface area contributed by atoms with Gasteiger partial charge in [-0.05, 0) is 0 Å². The maximum atomic E-state index is 4.13. The van der Waals surface area contributed by atoms with Gasteiger partial charge in [-0.1, -0.05) is 24.3 Å². The van der Waals surface area contributed by atoms with Crippen LogP contribution in [-0.4, -0.2) is 20.2 Å². The third-order valence-corrected chi connectivity index (χ3v) is 2.32. The van der Waals surface area contributed by atoms with Crippen LogP contribution in [0.15, 0.2) is 43.0 Å². The fourth-order valence-electron chi connectivity index (χ4n) is 1.61.